The molecule has 3 amide bonds. The van der Waals surface area contributed by atoms with Crippen LogP contribution in [-0.2, 0) is 9.53 Å². The Morgan fingerprint density at radius 1 is 1.31 bits per heavy atom. The number of rotatable bonds is 2. The fourth-order valence-electron chi connectivity index (χ4n) is 3.50. The highest BCUT2D eigenvalue weighted by atomic mass is 16.5. The van der Waals surface area contributed by atoms with Crippen molar-refractivity contribution < 1.29 is 19.1 Å². The zero-order chi connectivity index (χ0) is 18.8. The molecule has 8 nitrogen and oxygen atoms in total. The quantitative estimate of drug-likeness (QED) is 0.741. The molecular weight excluding hydrogens is 336 g/mol. The Bertz CT molecular complexity index is 736. The minimum absolute atomic E-state index is 0.0410. The van der Waals surface area contributed by atoms with E-state index in [1.54, 1.807) is 25.1 Å². The summed E-state index contributed by atoms with van der Waals surface area (Å²) in [5.41, 5.74) is 7.39. The van der Waals surface area contributed by atoms with E-state index in [1.165, 1.54) is 12.0 Å². The fourth-order valence-corrected chi connectivity index (χ4v) is 3.50. The van der Waals surface area contributed by atoms with E-state index in [9.17, 15) is 14.4 Å². The molecule has 1 fully saturated rings. The van der Waals surface area contributed by atoms with Crippen molar-refractivity contribution in [3.05, 3.63) is 23.8 Å². The van der Waals surface area contributed by atoms with Crippen LogP contribution in [0, 0.1) is 0 Å². The van der Waals surface area contributed by atoms with Gasteiger partial charge in [-0.2, -0.15) is 0 Å². The lowest BCUT2D eigenvalue weighted by atomic mass is 9.91. The molecule has 1 aliphatic heterocycles. The van der Waals surface area contributed by atoms with E-state index in [4.69, 9.17) is 10.5 Å². The Morgan fingerprint density at radius 3 is 2.73 bits per heavy atom. The summed E-state index contributed by atoms with van der Waals surface area (Å²) in [6.45, 7) is 1.61. The average Bonchev–Trinajstić information content (AvgIpc) is 2.63. The molecule has 1 saturated carbocycles. The van der Waals surface area contributed by atoms with E-state index < -0.39 is 12.1 Å². The second kappa shape index (κ2) is 7.33. The number of benzene rings is 1. The van der Waals surface area contributed by atoms with Crippen LogP contribution >= 0.6 is 0 Å². The third-order valence-electron chi connectivity index (χ3n) is 5.05. The maximum Gasteiger partial charge on any atom is 0.414 e. The molecule has 1 aromatic rings. The molecule has 1 heterocycles. The van der Waals surface area contributed by atoms with Gasteiger partial charge in [-0.3, -0.25) is 14.5 Å². The molecule has 26 heavy (non-hydrogen) atoms. The molecule has 1 aliphatic carbocycles. The number of nitrogens with one attached hydrogen (secondary N) is 2. The number of anilines is 2. The number of nitrogens with two attached hydrogens (primary N) is 1. The SMILES string of the molecule is COC(=O)N1c2ccc(C(=O)NC3CCCCC3N)cc2NC(=O)C1C. The second-order valence-corrected chi connectivity index (χ2v) is 6.77. The number of fused-ring (bicyclic) bond motifs is 1. The van der Waals surface area contributed by atoms with Crippen molar-refractivity contribution in [1.29, 1.82) is 0 Å². The van der Waals surface area contributed by atoms with Gasteiger partial charge in [-0.15, -0.1) is 0 Å². The first-order chi connectivity index (χ1) is 12.4. The lowest BCUT2D eigenvalue weighted by Crippen LogP contribution is -2.50. The van der Waals surface area contributed by atoms with Gasteiger partial charge in [-0.1, -0.05) is 12.8 Å². The number of hydrogen-bond donors (Lipinski definition) is 3. The van der Waals surface area contributed by atoms with Crippen LogP contribution in [0.15, 0.2) is 18.2 Å². The minimum Gasteiger partial charge on any atom is -0.452 e. The molecule has 0 radical (unpaired) electrons. The van der Waals surface area contributed by atoms with Gasteiger partial charge < -0.3 is 21.1 Å². The molecule has 3 atom stereocenters. The topological polar surface area (TPSA) is 114 Å². The third kappa shape index (κ3) is 3.37. The largest absolute Gasteiger partial charge is 0.452 e. The van der Waals surface area contributed by atoms with E-state index in [0.29, 0.717) is 16.9 Å². The van der Waals surface area contributed by atoms with Crippen LogP contribution in [0.5, 0.6) is 0 Å². The zero-order valence-corrected chi connectivity index (χ0v) is 15.0. The first-order valence-electron chi connectivity index (χ1n) is 8.81. The van der Waals surface area contributed by atoms with Crippen molar-refractivity contribution in [2.75, 3.05) is 17.3 Å². The molecule has 0 aromatic heterocycles. The maximum absolute atomic E-state index is 12.6. The Balaban J connectivity index is 1.84. The minimum atomic E-state index is -0.699. The molecule has 4 N–H and O–H groups in total. The van der Waals surface area contributed by atoms with Crippen molar-refractivity contribution in [2.24, 2.45) is 5.73 Å². The summed E-state index contributed by atoms with van der Waals surface area (Å²) in [5.74, 6) is -0.581. The van der Waals surface area contributed by atoms with Gasteiger partial charge in [-0.05, 0) is 38.0 Å². The molecule has 3 rings (SSSR count). The summed E-state index contributed by atoms with van der Waals surface area (Å²) in [6, 6.07) is 4.04. The van der Waals surface area contributed by atoms with E-state index in [-0.39, 0.29) is 23.9 Å². The highest BCUT2D eigenvalue weighted by molar-refractivity contribution is 6.11. The number of carbonyl (C=O) groups is 3. The molecule has 2 aliphatic rings. The predicted molar refractivity (Wildman–Crippen MR) is 97.1 cm³/mol. The van der Waals surface area contributed by atoms with Gasteiger partial charge in [0.25, 0.3) is 5.91 Å². The molecule has 0 saturated heterocycles. The summed E-state index contributed by atoms with van der Waals surface area (Å²) < 4.78 is 4.77. The van der Waals surface area contributed by atoms with Crippen LogP contribution < -0.4 is 21.3 Å². The summed E-state index contributed by atoms with van der Waals surface area (Å²) >= 11 is 0. The lowest BCUT2D eigenvalue weighted by molar-refractivity contribution is -0.117. The monoisotopic (exact) mass is 360 g/mol. The Morgan fingerprint density at radius 2 is 2.04 bits per heavy atom. The number of hydrogen-bond acceptors (Lipinski definition) is 5. The highest BCUT2D eigenvalue weighted by Crippen LogP contribution is 2.33. The van der Waals surface area contributed by atoms with E-state index >= 15 is 0 Å². The van der Waals surface area contributed by atoms with Crippen LogP contribution in [0.3, 0.4) is 0 Å². The van der Waals surface area contributed by atoms with Crippen molar-refractivity contribution >= 4 is 29.3 Å². The number of ether oxygens (including phenoxy) is 1. The van der Waals surface area contributed by atoms with Gasteiger partial charge in [0.2, 0.25) is 5.91 Å². The van der Waals surface area contributed by atoms with Crippen LogP contribution in [0.1, 0.15) is 43.0 Å². The highest BCUT2D eigenvalue weighted by Gasteiger charge is 2.35. The average molecular weight is 360 g/mol. The van der Waals surface area contributed by atoms with E-state index in [0.717, 1.165) is 25.7 Å². The molecule has 1 aromatic carbocycles. The maximum atomic E-state index is 12.6. The molecular formula is C18H24N4O4. The predicted octanol–water partition coefficient (Wildman–Crippen LogP) is 1.60. The molecule has 3 unspecified atom stereocenters. The fraction of sp³-hybridized carbons (Fsp3) is 0.500. The third-order valence-corrected chi connectivity index (χ3v) is 5.05. The van der Waals surface area contributed by atoms with Crippen molar-refractivity contribution in [2.45, 2.75) is 50.7 Å². The van der Waals surface area contributed by atoms with Gasteiger partial charge in [0.1, 0.15) is 6.04 Å². The second-order valence-electron chi connectivity index (χ2n) is 6.77. The molecule has 0 bridgehead atoms. The number of carbonyl (C=O) groups excluding carboxylic acids is 3. The van der Waals surface area contributed by atoms with E-state index in [1.807, 2.05) is 0 Å². The summed E-state index contributed by atoms with van der Waals surface area (Å²) in [5, 5.41) is 5.71. The number of methoxy groups -OCH3 is 1. The summed E-state index contributed by atoms with van der Waals surface area (Å²) in [4.78, 5) is 38.0. The van der Waals surface area contributed by atoms with Crippen molar-refractivity contribution in [3.8, 4) is 0 Å². The number of nitrogens with zero attached hydrogens (tertiary/aromatic N) is 1. The summed E-state index contributed by atoms with van der Waals surface area (Å²) in [7, 11) is 1.26. The Kier molecular flexibility index (Phi) is 5.13. The molecule has 140 valence electrons. The van der Waals surface area contributed by atoms with Crippen LogP contribution in [0.25, 0.3) is 0 Å². The summed E-state index contributed by atoms with van der Waals surface area (Å²) in [6.07, 6.45) is 3.27. The van der Waals surface area contributed by atoms with E-state index in [2.05, 4.69) is 10.6 Å². The molecule has 0 spiro atoms. The Labute approximate surface area is 152 Å². The van der Waals surface area contributed by atoms with Crippen LogP contribution in [0.2, 0.25) is 0 Å². The Hall–Kier alpha value is -2.61. The standard InChI is InChI=1S/C18H24N4O4/c1-10-16(23)21-14-9-11(7-8-15(14)22(10)18(25)26-2)17(24)20-13-6-4-3-5-12(13)19/h7-10,12-13H,3-6,19H2,1-2H3,(H,20,24)(H,21,23). The first kappa shape index (κ1) is 18.2. The first-order valence-corrected chi connectivity index (χ1v) is 8.81. The molecule has 8 heteroatoms. The van der Waals surface area contributed by atoms with Crippen LogP contribution in [-0.4, -0.2) is 43.1 Å². The zero-order valence-electron chi connectivity index (χ0n) is 15.0. The van der Waals surface area contributed by atoms with Gasteiger partial charge in [0.15, 0.2) is 0 Å². The van der Waals surface area contributed by atoms with Crippen LogP contribution in [0.4, 0.5) is 16.2 Å². The van der Waals surface area contributed by atoms with Gasteiger partial charge in [0, 0.05) is 17.6 Å². The lowest BCUT2D eigenvalue weighted by Gasteiger charge is -2.33. The van der Waals surface area contributed by atoms with Crippen molar-refractivity contribution in [1.82, 2.24) is 5.32 Å². The smallest absolute Gasteiger partial charge is 0.414 e. The normalized spacial score (nSPS) is 25.1. The van der Waals surface area contributed by atoms with Gasteiger partial charge >= 0.3 is 6.09 Å². The van der Waals surface area contributed by atoms with Gasteiger partial charge in [0.05, 0.1) is 18.5 Å². The number of amides is 3. The van der Waals surface area contributed by atoms with Crippen molar-refractivity contribution in [3.63, 3.8) is 0 Å². The van der Waals surface area contributed by atoms with Gasteiger partial charge in [-0.25, -0.2) is 4.79 Å².